The van der Waals surface area contributed by atoms with Crippen LogP contribution in [0.1, 0.15) is 24.8 Å². The molecule has 2 N–H and O–H groups in total. The normalized spacial score (nSPS) is 17.2. The third-order valence-corrected chi connectivity index (χ3v) is 4.35. The average molecular weight is 250 g/mol. The number of thioether (sulfide) groups is 1. The monoisotopic (exact) mass is 250 g/mol. The van der Waals surface area contributed by atoms with Crippen molar-refractivity contribution >= 4 is 17.4 Å². The maximum atomic E-state index is 6.01. The largest absolute Gasteiger partial charge is 0.398 e. The topological polar surface area (TPSA) is 29.3 Å². The Morgan fingerprint density at radius 3 is 2.71 bits per heavy atom. The highest BCUT2D eigenvalue weighted by Gasteiger charge is 2.09. The molecule has 1 aliphatic rings. The van der Waals surface area contributed by atoms with Crippen molar-refractivity contribution < 1.29 is 0 Å². The van der Waals surface area contributed by atoms with E-state index in [1.165, 1.54) is 49.4 Å². The minimum absolute atomic E-state index is 0.925. The van der Waals surface area contributed by atoms with Crippen molar-refractivity contribution in [2.75, 3.05) is 31.1 Å². The summed E-state index contributed by atoms with van der Waals surface area (Å²) in [5, 5.41) is 0. The SMILES string of the molecule is Cc1ccc(SCCN2CCCCC2)c(N)c1. The van der Waals surface area contributed by atoms with Crippen LogP contribution in [0.4, 0.5) is 5.69 Å². The summed E-state index contributed by atoms with van der Waals surface area (Å²) in [5.41, 5.74) is 8.17. The fourth-order valence-corrected chi connectivity index (χ4v) is 3.23. The zero-order valence-electron chi connectivity index (χ0n) is 10.6. The molecule has 1 aliphatic heterocycles. The molecule has 1 fully saturated rings. The van der Waals surface area contributed by atoms with Gasteiger partial charge in [0.1, 0.15) is 0 Å². The second-order valence-electron chi connectivity index (χ2n) is 4.79. The molecule has 3 heteroatoms. The van der Waals surface area contributed by atoms with E-state index in [9.17, 15) is 0 Å². The molecule has 0 saturated carbocycles. The molecule has 1 aromatic carbocycles. The van der Waals surface area contributed by atoms with E-state index in [1.807, 2.05) is 11.8 Å². The van der Waals surface area contributed by atoms with E-state index in [4.69, 9.17) is 5.73 Å². The van der Waals surface area contributed by atoms with E-state index in [-0.39, 0.29) is 0 Å². The Labute approximate surface area is 109 Å². The molecule has 1 aromatic rings. The molecule has 2 rings (SSSR count). The van der Waals surface area contributed by atoms with Gasteiger partial charge >= 0.3 is 0 Å². The van der Waals surface area contributed by atoms with Gasteiger partial charge in [-0.05, 0) is 50.6 Å². The summed E-state index contributed by atoms with van der Waals surface area (Å²) in [6.45, 7) is 5.84. The van der Waals surface area contributed by atoms with Crippen LogP contribution >= 0.6 is 11.8 Å². The smallest absolute Gasteiger partial charge is 0.0454 e. The van der Waals surface area contributed by atoms with Gasteiger partial charge in [-0.2, -0.15) is 0 Å². The number of piperidine rings is 1. The van der Waals surface area contributed by atoms with Gasteiger partial charge in [-0.15, -0.1) is 11.8 Å². The zero-order chi connectivity index (χ0) is 12.1. The van der Waals surface area contributed by atoms with Crippen molar-refractivity contribution in [2.24, 2.45) is 0 Å². The van der Waals surface area contributed by atoms with E-state index in [0.29, 0.717) is 0 Å². The minimum Gasteiger partial charge on any atom is -0.398 e. The molecular formula is C14H22N2S. The molecule has 1 saturated heterocycles. The van der Waals surface area contributed by atoms with Crippen LogP contribution in [-0.4, -0.2) is 30.3 Å². The number of rotatable bonds is 4. The van der Waals surface area contributed by atoms with Gasteiger partial charge in [0.05, 0.1) is 0 Å². The Bertz CT molecular complexity index is 359. The second kappa shape index (κ2) is 6.31. The van der Waals surface area contributed by atoms with Crippen LogP contribution in [0.5, 0.6) is 0 Å². The van der Waals surface area contributed by atoms with Crippen LogP contribution < -0.4 is 5.73 Å². The first-order valence-electron chi connectivity index (χ1n) is 6.47. The van der Waals surface area contributed by atoms with Gasteiger partial charge in [0.25, 0.3) is 0 Å². The Morgan fingerprint density at radius 1 is 1.24 bits per heavy atom. The number of likely N-dealkylation sites (tertiary alicyclic amines) is 1. The van der Waals surface area contributed by atoms with Crippen LogP contribution in [0.15, 0.2) is 23.1 Å². The molecule has 0 spiro atoms. The molecule has 0 unspecified atom stereocenters. The molecule has 0 radical (unpaired) electrons. The van der Waals surface area contributed by atoms with Gasteiger partial charge in [0, 0.05) is 22.9 Å². The van der Waals surface area contributed by atoms with Crippen molar-refractivity contribution in [3.63, 3.8) is 0 Å². The van der Waals surface area contributed by atoms with Crippen molar-refractivity contribution in [3.05, 3.63) is 23.8 Å². The molecule has 17 heavy (non-hydrogen) atoms. The van der Waals surface area contributed by atoms with E-state index in [0.717, 1.165) is 11.4 Å². The predicted octanol–water partition coefficient (Wildman–Crippen LogP) is 3.16. The molecule has 94 valence electrons. The van der Waals surface area contributed by atoms with E-state index in [2.05, 4.69) is 30.0 Å². The minimum atomic E-state index is 0.925. The lowest BCUT2D eigenvalue weighted by molar-refractivity contribution is 0.242. The quantitative estimate of drug-likeness (QED) is 0.657. The molecular weight excluding hydrogens is 228 g/mol. The van der Waals surface area contributed by atoms with Gasteiger partial charge in [-0.1, -0.05) is 12.5 Å². The van der Waals surface area contributed by atoms with Gasteiger partial charge in [0.15, 0.2) is 0 Å². The Balaban J connectivity index is 1.77. The summed E-state index contributed by atoms with van der Waals surface area (Å²) in [4.78, 5) is 3.80. The lowest BCUT2D eigenvalue weighted by atomic mass is 10.1. The molecule has 0 atom stereocenters. The van der Waals surface area contributed by atoms with Crippen molar-refractivity contribution in [1.82, 2.24) is 4.90 Å². The number of anilines is 1. The number of nitrogens with zero attached hydrogens (tertiary/aromatic N) is 1. The third-order valence-electron chi connectivity index (χ3n) is 3.28. The number of nitrogen functional groups attached to an aromatic ring is 1. The molecule has 0 bridgehead atoms. The third kappa shape index (κ3) is 3.93. The predicted molar refractivity (Wildman–Crippen MR) is 76.6 cm³/mol. The highest BCUT2D eigenvalue weighted by atomic mass is 32.2. The zero-order valence-corrected chi connectivity index (χ0v) is 11.4. The number of benzene rings is 1. The van der Waals surface area contributed by atoms with Crippen molar-refractivity contribution in [2.45, 2.75) is 31.1 Å². The summed E-state index contributed by atoms with van der Waals surface area (Å²) in [7, 11) is 0. The van der Waals surface area contributed by atoms with Crippen LogP contribution in [0.25, 0.3) is 0 Å². The summed E-state index contributed by atoms with van der Waals surface area (Å²) >= 11 is 1.88. The molecule has 2 nitrogen and oxygen atoms in total. The second-order valence-corrected chi connectivity index (χ2v) is 5.93. The van der Waals surface area contributed by atoms with Gasteiger partial charge < -0.3 is 10.6 Å². The number of nitrogens with two attached hydrogens (primary N) is 1. The van der Waals surface area contributed by atoms with Crippen LogP contribution in [-0.2, 0) is 0 Å². The van der Waals surface area contributed by atoms with Crippen molar-refractivity contribution in [1.29, 1.82) is 0 Å². The highest BCUT2D eigenvalue weighted by molar-refractivity contribution is 7.99. The van der Waals surface area contributed by atoms with Gasteiger partial charge in [-0.25, -0.2) is 0 Å². The lowest BCUT2D eigenvalue weighted by Crippen LogP contribution is -2.31. The standard InChI is InChI=1S/C14H22N2S/c1-12-5-6-14(13(15)11-12)17-10-9-16-7-3-2-4-8-16/h5-6,11H,2-4,7-10,15H2,1H3. The van der Waals surface area contributed by atoms with Crippen LogP contribution in [0.2, 0.25) is 0 Å². The first-order chi connectivity index (χ1) is 8.25. The van der Waals surface area contributed by atoms with Gasteiger partial charge in [0.2, 0.25) is 0 Å². The van der Waals surface area contributed by atoms with E-state index < -0.39 is 0 Å². The Kier molecular flexibility index (Phi) is 4.75. The van der Waals surface area contributed by atoms with Crippen LogP contribution in [0.3, 0.4) is 0 Å². The fourth-order valence-electron chi connectivity index (χ4n) is 2.27. The molecule has 0 aromatic heterocycles. The van der Waals surface area contributed by atoms with E-state index >= 15 is 0 Å². The number of hydrogen-bond acceptors (Lipinski definition) is 3. The van der Waals surface area contributed by atoms with Crippen LogP contribution in [0, 0.1) is 6.92 Å². The maximum Gasteiger partial charge on any atom is 0.0454 e. The summed E-state index contributed by atoms with van der Waals surface area (Å²) in [6, 6.07) is 6.34. The molecule has 0 amide bonds. The van der Waals surface area contributed by atoms with Crippen molar-refractivity contribution in [3.8, 4) is 0 Å². The lowest BCUT2D eigenvalue weighted by Gasteiger charge is -2.26. The fraction of sp³-hybridized carbons (Fsp3) is 0.571. The number of aryl methyl sites for hydroxylation is 1. The number of hydrogen-bond donors (Lipinski definition) is 1. The summed E-state index contributed by atoms with van der Waals surface area (Å²) < 4.78 is 0. The molecule has 1 heterocycles. The Morgan fingerprint density at radius 2 is 2.00 bits per heavy atom. The Hall–Kier alpha value is -0.670. The molecule has 0 aliphatic carbocycles. The van der Waals surface area contributed by atoms with E-state index in [1.54, 1.807) is 0 Å². The van der Waals surface area contributed by atoms with Gasteiger partial charge in [-0.3, -0.25) is 0 Å². The summed E-state index contributed by atoms with van der Waals surface area (Å²) in [5.74, 6) is 1.15. The first-order valence-corrected chi connectivity index (χ1v) is 7.45. The maximum absolute atomic E-state index is 6.01. The summed E-state index contributed by atoms with van der Waals surface area (Å²) in [6.07, 6.45) is 4.16. The highest BCUT2D eigenvalue weighted by Crippen LogP contribution is 2.25. The average Bonchev–Trinajstić information content (AvgIpc) is 2.33. The first kappa shape index (κ1) is 12.8.